The third-order valence-electron chi connectivity index (χ3n) is 3.04. The second-order valence-corrected chi connectivity index (χ2v) is 5.92. The molecule has 2 aliphatic rings. The Labute approximate surface area is 107 Å². The second-order valence-electron chi connectivity index (χ2n) is 4.55. The van der Waals surface area contributed by atoms with E-state index < -0.39 is 17.9 Å². The number of anilines is 1. The first kappa shape index (κ1) is 11.9. The molecule has 6 heteroatoms. The first-order valence-corrected chi connectivity index (χ1v) is 6.54. The van der Waals surface area contributed by atoms with Crippen molar-refractivity contribution in [3.05, 3.63) is 23.8 Å². The van der Waals surface area contributed by atoms with Gasteiger partial charge in [-0.15, -0.1) is 11.8 Å². The van der Waals surface area contributed by atoms with Crippen LogP contribution in [0.5, 0.6) is 0 Å². The Morgan fingerprint density at radius 3 is 2.78 bits per heavy atom. The molecule has 1 heterocycles. The van der Waals surface area contributed by atoms with Gasteiger partial charge in [-0.2, -0.15) is 8.78 Å². The van der Waals surface area contributed by atoms with Crippen LogP contribution in [0.1, 0.15) is 24.5 Å². The molecule has 18 heavy (non-hydrogen) atoms. The van der Waals surface area contributed by atoms with Gasteiger partial charge in [0.05, 0.1) is 0 Å². The molecule has 1 aromatic rings. The SMILES string of the molecule is O=C1Nc2cc(SC3CC3)ccc2[C@@H](O)C1(F)F. The Hall–Kier alpha value is -1.14. The van der Waals surface area contributed by atoms with E-state index in [0.717, 1.165) is 17.7 Å². The van der Waals surface area contributed by atoms with Crippen molar-refractivity contribution >= 4 is 23.4 Å². The molecule has 1 atom stereocenters. The quantitative estimate of drug-likeness (QED) is 0.869. The number of rotatable bonds is 2. The first-order valence-electron chi connectivity index (χ1n) is 5.66. The van der Waals surface area contributed by atoms with Crippen molar-refractivity contribution in [1.29, 1.82) is 0 Å². The predicted molar refractivity (Wildman–Crippen MR) is 63.9 cm³/mol. The van der Waals surface area contributed by atoms with E-state index in [4.69, 9.17) is 0 Å². The highest BCUT2D eigenvalue weighted by Crippen LogP contribution is 2.44. The fraction of sp³-hybridized carbons (Fsp3) is 0.417. The van der Waals surface area contributed by atoms with E-state index in [1.54, 1.807) is 23.9 Å². The number of carbonyl (C=O) groups is 1. The molecule has 3 rings (SSSR count). The van der Waals surface area contributed by atoms with Gasteiger partial charge < -0.3 is 10.4 Å². The molecule has 0 spiro atoms. The lowest BCUT2D eigenvalue weighted by Gasteiger charge is -2.29. The maximum Gasteiger partial charge on any atom is 0.354 e. The lowest BCUT2D eigenvalue weighted by Crippen LogP contribution is -2.44. The zero-order valence-corrected chi connectivity index (χ0v) is 10.1. The molecule has 0 radical (unpaired) electrons. The van der Waals surface area contributed by atoms with Crippen LogP contribution in [0.2, 0.25) is 0 Å². The number of hydrogen-bond donors (Lipinski definition) is 2. The van der Waals surface area contributed by atoms with Crippen LogP contribution in [0.25, 0.3) is 0 Å². The normalized spacial score (nSPS) is 25.5. The minimum absolute atomic E-state index is 0.0692. The third-order valence-corrected chi connectivity index (χ3v) is 4.37. The monoisotopic (exact) mass is 271 g/mol. The van der Waals surface area contributed by atoms with Crippen LogP contribution in [0.4, 0.5) is 14.5 Å². The summed E-state index contributed by atoms with van der Waals surface area (Å²) in [6.07, 6.45) is 0.255. The van der Waals surface area contributed by atoms with E-state index in [0.29, 0.717) is 5.25 Å². The average molecular weight is 271 g/mol. The Balaban J connectivity index is 1.94. The highest BCUT2D eigenvalue weighted by molar-refractivity contribution is 8.00. The summed E-state index contributed by atoms with van der Waals surface area (Å²) in [4.78, 5) is 12.1. The van der Waals surface area contributed by atoms with E-state index in [9.17, 15) is 18.7 Å². The molecule has 0 saturated heterocycles. The first-order chi connectivity index (χ1) is 8.48. The van der Waals surface area contributed by atoms with Gasteiger partial charge in [0, 0.05) is 21.4 Å². The maximum atomic E-state index is 13.3. The van der Waals surface area contributed by atoms with Gasteiger partial charge in [-0.1, -0.05) is 6.07 Å². The number of aliphatic hydroxyl groups is 1. The summed E-state index contributed by atoms with van der Waals surface area (Å²) in [7, 11) is 0. The summed E-state index contributed by atoms with van der Waals surface area (Å²) in [5.41, 5.74) is 0.351. The van der Waals surface area contributed by atoms with E-state index in [-0.39, 0.29) is 11.3 Å². The molecule has 1 aromatic carbocycles. The van der Waals surface area contributed by atoms with Crippen LogP contribution in [0, 0.1) is 0 Å². The molecule has 96 valence electrons. The zero-order chi connectivity index (χ0) is 12.9. The molecule has 1 amide bonds. The highest BCUT2D eigenvalue weighted by Gasteiger charge is 2.51. The highest BCUT2D eigenvalue weighted by atomic mass is 32.2. The standard InChI is InChI=1S/C12H11F2NO2S/c13-12(14)10(16)8-4-3-7(18-6-1-2-6)5-9(8)15-11(12)17/h3-6,10,16H,1-2H2,(H,15,17)/t10-/m1/s1. The number of halogens is 2. The zero-order valence-electron chi connectivity index (χ0n) is 9.32. The molecule has 1 aliphatic carbocycles. The number of thioether (sulfide) groups is 1. The van der Waals surface area contributed by atoms with Gasteiger partial charge in [0.2, 0.25) is 0 Å². The van der Waals surface area contributed by atoms with Gasteiger partial charge in [0.15, 0.2) is 6.10 Å². The van der Waals surface area contributed by atoms with Gasteiger partial charge in [0.25, 0.3) is 5.91 Å². The molecule has 1 aliphatic heterocycles. The second kappa shape index (κ2) is 3.93. The largest absolute Gasteiger partial charge is 0.381 e. The summed E-state index contributed by atoms with van der Waals surface area (Å²) in [5, 5.41) is 12.3. The number of hydrogen-bond acceptors (Lipinski definition) is 3. The van der Waals surface area contributed by atoms with Crippen LogP contribution in [-0.4, -0.2) is 22.2 Å². The van der Waals surface area contributed by atoms with Crippen LogP contribution in [-0.2, 0) is 4.79 Å². The number of carbonyl (C=O) groups excluding carboxylic acids is 1. The van der Waals surface area contributed by atoms with Crippen molar-refractivity contribution in [3.8, 4) is 0 Å². The van der Waals surface area contributed by atoms with Crippen molar-refractivity contribution < 1.29 is 18.7 Å². The number of aliphatic hydroxyl groups excluding tert-OH is 1. The van der Waals surface area contributed by atoms with E-state index in [1.807, 2.05) is 0 Å². The Morgan fingerprint density at radius 1 is 1.39 bits per heavy atom. The van der Waals surface area contributed by atoms with Crippen molar-refractivity contribution in [2.45, 2.75) is 35.0 Å². The number of alkyl halides is 2. The lowest BCUT2D eigenvalue weighted by atomic mass is 9.97. The van der Waals surface area contributed by atoms with E-state index in [1.165, 1.54) is 6.07 Å². The molecule has 3 nitrogen and oxygen atoms in total. The van der Waals surface area contributed by atoms with Crippen LogP contribution in [0.15, 0.2) is 23.1 Å². The fourth-order valence-electron chi connectivity index (χ4n) is 1.86. The fourth-order valence-corrected chi connectivity index (χ4v) is 2.95. The Morgan fingerprint density at radius 2 is 2.11 bits per heavy atom. The van der Waals surface area contributed by atoms with Crippen molar-refractivity contribution in [1.82, 2.24) is 0 Å². The van der Waals surface area contributed by atoms with Gasteiger partial charge in [-0.05, 0) is 25.0 Å². The third kappa shape index (κ3) is 1.89. The minimum atomic E-state index is -3.77. The number of benzene rings is 1. The van der Waals surface area contributed by atoms with Crippen LogP contribution >= 0.6 is 11.8 Å². The maximum absolute atomic E-state index is 13.3. The van der Waals surface area contributed by atoms with Crippen molar-refractivity contribution in [2.24, 2.45) is 0 Å². The number of nitrogens with one attached hydrogen (secondary N) is 1. The van der Waals surface area contributed by atoms with Crippen LogP contribution in [0.3, 0.4) is 0 Å². The summed E-state index contributed by atoms with van der Waals surface area (Å²) < 4.78 is 26.6. The molecule has 1 fully saturated rings. The van der Waals surface area contributed by atoms with Gasteiger partial charge >= 0.3 is 5.92 Å². The van der Waals surface area contributed by atoms with Crippen molar-refractivity contribution in [3.63, 3.8) is 0 Å². The summed E-state index contributed by atoms with van der Waals surface area (Å²) >= 11 is 1.66. The molecule has 0 unspecified atom stereocenters. The number of amides is 1. The van der Waals surface area contributed by atoms with Gasteiger partial charge in [-0.25, -0.2) is 0 Å². The summed E-state index contributed by atoms with van der Waals surface area (Å²) in [5.74, 6) is -5.21. The van der Waals surface area contributed by atoms with Gasteiger partial charge in [-0.3, -0.25) is 4.79 Å². The Bertz CT molecular complexity index is 517. The molecular formula is C12H11F2NO2S. The molecule has 1 saturated carbocycles. The minimum Gasteiger partial charge on any atom is -0.381 e. The van der Waals surface area contributed by atoms with Crippen LogP contribution < -0.4 is 5.32 Å². The predicted octanol–water partition coefficient (Wildman–Crippen LogP) is 2.56. The smallest absolute Gasteiger partial charge is 0.354 e. The summed E-state index contributed by atoms with van der Waals surface area (Å²) in [6.45, 7) is 0. The lowest BCUT2D eigenvalue weighted by molar-refractivity contribution is -0.159. The van der Waals surface area contributed by atoms with Crippen molar-refractivity contribution in [2.75, 3.05) is 5.32 Å². The molecule has 0 aromatic heterocycles. The van der Waals surface area contributed by atoms with Gasteiger partial charge in [0.1, 0.15) is 0 Å². The average Bonchev–Trinajstić information content (AvgIpc) is 3.11. The topological polar surface area (TPSA) is 49.3 Å². The number of fused-ring (bicyclic) bond motifs is 1. The van der Waals surface area contributed by atoms with E-state index in [2.05, 4.69) is 5.32 Å². The molecular weight excluding hydrogens is 260 g/mol. The summed E-state index contributed by atoms with van der Waals surface area (Å²) in [6, 6.07) is 4.81. The Kier molecular flexibility index (Phi) is 2.60. The van der Waals surface area contributed by atoms with E-state index >= 15 is 0 Å². The molecule has 2 N–H and O–H groups in total. The molecule has 0 bridgehead atoms.